The lowest BCUT2D eigenvalue weighted by Gasteiger charge is -2.28. The fraction of sp³-hybridized carbons (Fsp3) is 0.875. The van der Waals surface area contributed by atoms with E-state index < -0.39 is 12.0 Å². The number of carbonyl (C=O) groups excluding carboxylic acids is 1. The lowest BCUT2D eigenvalue weighted by molar-refractivity contribution is -0.150. The molecule has 0 aromatic rings. The van der Waals surface area contributed by atoms with E-state index in [1.165, 1.54) is 39.0 Å². The number of amides is 1. The van der Waals surface area contributed by atoms with E-state index in [-0.39, 0.29) is 11.9 Å². The van der Waals surface area contributed by atoms with Gasteiger partial charge in [0.2, 0.25) is 5.91 Å². The van der Waals surface area contributed by atoms with Crippen LogP contribution in [0.1, 0.15) is 78.1 Å². The van der Waals surface area contributed by atoms with Gasteiger partial charge in [-0.1, -0.05) is 51.9 Å². The Morgan fingerprint density at radius 1 is 1.10 bits per heavy atom. The third kappa shape index (κ3) is 5.93. The summed E-state index contributed by atoms with van der Waals surface area (Å²) in [5, 5.41) is 9.35. The molecule has 0 aliphatic heterocycles. The molecular weight excluding hydrogens is 254 g/mol. The van der Waals surface area contributed by atoms with Crippen LogP contribution in [0.3, 0.4) is 0 Å². The van der Waals surface area contributed by atoms with E-state index in [1.54, 1.807) is 4.90 Å². The van der Waals surface area contributed by atoms with Crippen LogP contribution in [0.25, 0.3) is 0 Å². The Balaban J connectivity index is 2.28. The quantitative estimate of drug-likeness (QED) is 0.589. The SMILES string of the molecule is CCCCCCCCCC(C(=O)O)N(C(C)=O)C1CC1. The number of unbranched alkanes of at least 4 members (excludes halogenated alkanes) is 6. The van der Waals surface area contributed by atoms with Crippen LogP contribution in [-0.4, -0.2) is 34.0 Å². The van der Waals surface area contributed by atoms with Crippen molar-refractivity contribution in [3.63, 3.8) is 0 Å². The summed E-state index contributed by atoms with van der Waals surface area (Å²) in [4.78, 5) is 24.6. The Bertz CT molecular complexity index is 313. The summed E-state index contributed by atoms with van der Waals surface area (Å²) < 4.78 is 0. The van der Waals surface area contributed by atoms with Crippen molar-refractivity contribution in [3.8, 4) is 0 Å². The number of hydrogen-bond donors (Lipinski definition) is 1. The molecule has 1 amide bonds. The third-order valence-electron chi connectivity index (χ3n) is 4.01. The van der Waals surface area contributed by atoms with Crippen molar-refractivity contribution < 1.29 is 14.7 Å². The highest BCUT2D eigenvalue weighted by atomic mass is 16.4. The van der Waals surface area contributed by atoms with Gasteiger partial charge in [0.05, 0.1) is 0 Å². The van der Waals surface area contributed by atoms with E-state index in [2.05, 4.69) is 6.92 Å². The Hall–Kier alpha value is -1.06. The second-order valence-corrected chi connectivity index (χ2v) is 5.92. The monoisotopic (exact) mass is 283 g/mol. The molecule has 0 radical (unpaired) electrons. The molecule has 1 atom stereocenters. The number of carboxylic acids is 1. The first-order valence-corrected chi connectivity index (χ1v) is 8.09. The predicted molar refractivity (Wildman–Crippen MR) is 79.6 cm³/mol. The first kappa shape index (κ1) is 17.0. The number of aliphatic carboxylic acids is 1. The molecule has 1 unspecified atom stereocenters. The van der Waals surface area contributed by atoms with Crippen LogP contribution in [0.4, 0.5) is 0 Å². The van der Waals surface area contributed by atoms with Crippen LogP contribution >= 0.6 is 0 Å². The summed E-state index contributed by atoms with van der Waals surface area (Å²) in [6.45, 7) is 3.69. The van der Waals surface area contributed by atoms with Gasteiger partial charge in [0, 0.05) is 13.0 Å². The molecule has 1 fully saturated rings. The summed E-state index contributed by atoms with van der Waals surface area (Å²) in [6.07, 6.45) is 10.7. The largest absolute Gasteiger partial charge is 0.480 e. The number of carboxylic acid groups (broad SMARTS) is 1. The maximum Gasteiger partial charge on any atom is 0.326 e. The van der Waals surface area contributed by atoms with E-state index in [0.29, 0.717) is 6.42 Å². The van der Waals surface area contributed by atoms with E-state index in [1.807, 2.05) is 0 Å². The molecule has 4 heteroatoms. The second kappa shape index (κ2) is 8.98. The van der Waals surface area contributed by atoms with Crippen LogP contribution in [-0.2, 0) is 9.59 Å². The van der Waals surface area contributed by atoms with Gasteiger partial charge in [0.15, 0.2) is 0 Å². The first-order chi connectivity index (χ1) is 9.57. The topological polar surface area (TPSA) is 57.6 Å². The minimum Gasteiger partial charge on any atom is -0.480 e. The number of hydrogen-bond acceptors (Lipinski definition) is 2. The molecule has 0 spiro atoms. The summed E-state index contributed by atoms with van der Waals surface area (Å²) in [5.74, 6) is -0.944. The standard InChI is InChI=1S/C16H29NO3/c1-3-4-5-6-7-8-9-10-15(16(19)20)17(13(2)18)14-11-12-14/h14-15H,3-12H2,1-2H3,(H,19,20). The molecule has 0 aromatic carbocycles. The molecule has 0 heterocycles. The van der Waals surface area contributed by atoms with Crippen molar-refractivity contribution in [2.24, 2.45) is 0 Å². The van der Waals surface area contributed by atoms with Crippen molar-refractivity contribution in [3.05, 3.63) is 0 Å². The van der Waals surface area contributed by atoms with Crippen molar-refractivity contribution in [1.29, 1.82) is 0 Å². The van der Waals surface area contributed by atoms with Gasteiger partial charge in [-0.3, -0.25) is 4.79 Å². The third-order valence-corrected chi connectivity index (χ3v) is 4.01. The summed E-state index contributed by atoms with van der Waals surface area (Å²) in [6, 6.07) is -0.436. The smallest absolute Gasteiger partial charge is 0.326 e. The average Bonchev–Trinajstić information content (AvgIpc) is 3.19. The lowest BCUT2D eigenvalue weighted by atomic mass is 10.0. The Morgan fingerprint density at radius 2 is 1.65 bits per heavy atom. The van der Waals surface area contributed by atoms with E-state index in [9.17, 15) is 14.7 Å². The van der Waals surface area contributed by atoms with Crippen molar-refractivity contribution >= 4 is 11.9 Å². The van der Waals surface area contributed by atoms with Gasteiger partial charge in [0.1, 0.15) is 6.04 Å². The minimum atomic E-state index is -0.849. The van der Waals surface area contributed by atoms with Crippen LogP contribution in [0.15, 0.2) is 0 Å². The second-order valence-electron chi connectivity index (χ2n) is 5.92. The maximum atomic E-state index is 11.6. The fourth-order valence-corrected chi connectivity index (χ4v) is 2.76. The van der Waals surface area contributed by atoms with Gasteiger partial charge in [-0.15, -0.1) is 0 Å². The van der Waals surface area contributed by atoms with E-state index in [0.717, 1.165) is 25.7 Å². The molecular formula is C16H29NO3. The average molecular weight is 283 g/mol. The molecule has 4 nitrogen and oxygen atoms in total. The Kier molecular flexibility index (Phi) is 7.63. The first-order valence-electron chi connectivity index (χ1n) is 8.09. The minimum absolute atomic E-state index is 0.0946. The number of carbonyl (C=O) groups is 2. The van der Waals surface area contributed by atoms with Gasteiger partial charge in [-0.2, -0.15) is 0 Å². The molecule has 1 N–H and O–H groups in total. The molecule has 1 saturated carbocycles. The van der Waals surface area contributed by atoms with E-state index in [4.69, 9.17) is 0 Å². The summed E-state index contributed by atoms with van der Waals surface area (Å²) in [5.41, 5.74) is 0. The van der Waals surface area contributed by atoms with E-state index >= 15 is 0 Å². The highest BCUT2D eigenvalue weighted by Gasteiger charge is 2.38. The van der Waals surface area contributed by atoms with Gasteiger partial charge in [-0.25, -0.2) is 4.79 Å². The molecule has 0 aromatic heterocycles. The van der Waals surface area contributed by atoms with Gasteiger partial charge in [0.25, 0.3) is 0 Å². The zero-order valence-corrected chi connectivity index (χ0v) is 12.9. The van der Waals surface area contributed by atoms with Crippen LogP contribution in [0, 0.1) is 0 Å². The van der Waals surface area contributed by atoms with Gasteiger partial charge >= 0.3 is 5.97 Å². The molecule has 20 heavy (non-hydrogen) atoms. The van der Waals surface area contributed by atoms with Gasteiger partial charge in [-0.05, 0) is 19.3 Å². The molecule has 1 aliphatic carbocycles. The van der Waals surface area contributed by atoms with Crippen molar-refractivity contribution in [1.82, 2.24) is 4.90 Å². The molecule has 116 valence electrons. The highest BCUT2D eigenvalue weighted by Crippen LogP contribution is 2.30. The van der Waals surface area contributed by atoms with Crippen LogP contribution < -0.4 is 0 Å². The van der Waals surface area contributed by atoms with Crippen molar-refractivity contribution in [2.75, 3.05) is 0 Å². The van der Waals surface area contributed by atoms with Crippen molar-refractivity contribution in [2.45, 2.75) is 90.1 Å². The number of nitrogens with zero attached hydrogens (tertiary/aromatic N) is 1. The summed E-state index contributed by atoms with van der Waals surface area (Å²) >= 11 is 0. The lowest BCUT2D eigenvalue weighted by Crippen LogP contribution is -2.45. The predicted octanol–water partition coefficient (Wildman–Crippen LogP) is 3.59. The Morgan fingerprint density at radius 3 is 2.10 bits per heavy atom. The van der Waals surface area contributed by atoms with Gasteiger partial charge < -0.3 is 10.0 Å². The van der Waals surface area contributed by atoms with Crippen LogP contribution in [0.5, 0.6) is 0 Å². The zero-order chi connectivity index (χ0) is 15.0. The maximum absolute atomic E-state index is 11.6. The summed E-state index contributed by atoms with van der Waals surface area (Å²) in [7, 11) is 0. The fourth-order valence-electron chi connectivity index (χ4n) is 2.76. The zero-order valence-electron chi connectivity index (χ0n) is 12.9. The normalized spacial score (nSPS) is 15.9. The molecule has 1 rings (SSSR count). The molecule has 1 aliphatic rings. The highest BCUT2D eigenvalue weighted by molar-refractivity contribution is 5.82. The Labute approximate surface area is 122 Å². The molecule has 0 saturated heterocycles. The number of rotatable bonds is 11. The molecule has 0 bridgehead atoms. The van der Waals surface area contributed by atoms with Crippen LogP contribution in [0.2, 0.25) is 0 Å².